The van der Waals surface area contributed by atoms with Gasteiger partial charge in [-0.2, -0.15) is 0 Å². The number of fused-ring (bicyclic) bond motifs is 1. The molecule has 1 N–H and O–H groups in total. The molecule has 4 heteroatoms. The zero-order valence-corrected chi connectivity index (χ0v) is 10.7. The van der Waals surface area contributed by atoms with Gasteiger partial charge in [-0.05, 0) is 37.0 Å². The van der Waals surface area contributed by atoms with Crippen molar-refractivity contribution >= 4 is 11.3 Å². The van der Waals surface area contributed by atoms with E-state index in [2.05, 4.69) is 4.98 Å². The highest BCUT2D eigenvalue weighted by Crippen LogP contribution is 2.34. The number of aliphatic hydroxyl groups is 1. The molecule has 1 aromatic heterocycles. The highest BCUT2D eigenvalue weighted by Gasteiger charge is 2.22. The summed E-state index contributed by atoms with van der Waals surface area (Å²) in [4.78, 5) is 5.61. The summed E-state index contributed by atoms with van der Waals surface area (Å²) in [5, 5.41) is 10.9. The summed E-state index contributed by atoms with van der Waals surface area (Å²) in [7, 11) is 0. The van der Waals surface area contributed by atoms with Crippen LogP contribution in [0.15, 0.2) is 24.3 Å². The van der Waals surface area contributed by atoms with E-state index in [-0.39, 0.29) is 11.9 Å². The summed E-state index contributed by atoms with van der Waals surface area (Å²) in [6.07, 6.45) is 3.18. The van der Waals surface area contributed by atoms with Crippen LogP contribution in [0, 0.1) is 5.82 Å². The number of hydrogen-bond acceptors (Lipinski definition) is 3. The summed E-state index contributed by atoms with van der Waals surface area (Å²) in [5.74, 6) is -0.215. The van der Waals surface area contributed by atoms with Gasteiger partial charge >= 0.3 is 0 Å². The Balaban J connectivity index is 1.83. The molecule has 1 heterocycles. The van der Waals surface area contributed by atoms with Crippen LogP contribution in [-0.4, -0.2) is 10.1 Å². The fourth-order valence-electron chi connectivity index (χ4n) is 2.30. The standard InChI is InChI=1S/C14H14FNOS/c15-10-6-4-9(5-7-10)8-13-16-11-2-1-3-12(17)14(11)18-13/h4-7,12,17H,1-3,8H2. The van der Waals surface area contributed by atoms with E-state index < -0.39 is 0 Å². The second-order valence-electron chi connectivity index (χ2n) is 4.63. The van der Waals surface area contributed by atoms with Crippen LogP contribution >= 0.6 is 11.3 Å². The summed E-state index contributed by atoms with van der Waals surface area (Å²) >= 11 is 1.59. The maximum Gasteiger partial charge on any atom is 0.123 e. The quantitative estimate of drug-likeness (QED) is 0.902. The highest BCUT2D eigenvalue weighted by molar-refractivity contribution is 7.11. The molecule has 0 spiro atoms. The van der Waals surface area contributed by atoms with Gasteiger partial charge < -0.3 is 5.11 Å². The number of aliphatic hydroxyl groups excluding tert-OH is 1. The van der Waals surface area contributed by atoms with E-state index >= 15 is 0 Å². The largest absolute Gasteiger partial charge is 0.388 e. The van der Waals surface area contributed by atoms with Gasteiger partial charge in [0.25, 0.3) is 0 Å². The first-order chi connectivity index (χ1) is 8.72. The first kappa shape index (κ1) is 11.8. The van der Waals surface area contributed by atoms with Crippen LogP contribution in [0.4, 0.5) is 4.39 Å². The molecule has 0 amide bonds. The van der Waals surface area contributed by atoms with Crippen molar-refractivity contribution in [1.29, 1.82) is 0 Å². The Morgan fingerprint density at radius 3 is 2.83 bits per heavy atom. The van der Waals surface area contributed by atoms with Crippen molar-refractivity contribution < 1.29 is 9.50 Å². The summed E-state index contributed by atoms with van der Waals surface area (Å²) in [6, 6.07) is 6.51. The Bertz CT molecular complexity index is 549. The van der Waals surface area contributed by atoms with Crippen molar-refractivity contribution in [2.75, 3.05) is 0 Å². The van der Waals surface area contributed by atoms with Crippen molar-refractivity contribution in [3.8, 4) is 0 Å². The minimum atomic E-state index is -0.340. The van der Waals surface area contributed by atoms with Crippen LogP contribution in [-0.2, 0) is 12.8 Å². The average molecular weight is 263 g/mol. The lowest BCUT2D eigenvalue weighted by molar-refractivity contribution is 0.160. The van der Waals surface area contributed by atoms with Gasteiger partial charge in [0, 0.05) is 6.42 Å². The maximum absolute atomic E-state index is 12.8. The lowest BCUT2D eigenvalue weighted by Gasteiger charge is -2.14. The Morgan fingerprint density at radius 2 is 2.11 bits per heavy atom. The Labute approximate surface area is 109 Å². The van der Waals surface area contributed by atoms with Crippen molar-refractivity contribution in [3.05, 3.63) is 51.2 Å². The fraction of sp³-hybridized carbons (Fsp3) is 0.357. The van der Waals surface area contributed by atoms with Gasteiger partial charge in [-0.3, -0.25) is 0 Å². The van der Waals surface area contributed by atoms with E-state index in [1.807, 2.05) is 0 Å². The summed E-state index contributed by atoms with van der Waals surface area (Å²) in [6.45, 7) is 0. The molecule has 0 radical (unpaired) electrons. The second kappa shape index (κ2) is 4.78. The average Bonchev–Trinajstić information content (AvgIpc) is 2.76. The van der Waals surface area contributed by atoms with E-state index in [4.69, 9.17) is 0 Å². The molecule has 0 fully saturated rings. The molecule has 1 aromatic carbocycles. The summed E-state index contributed by atoms with van der Waals surface area (Å²) in [5.41, 5.74) is 2.10. The minimum absolute atomic E-state index is 0.215. The first-order valence-electron chi connectivity index (χ1n) is 6.13. The van der Waals surface area contributed by atoms with E-state index in [9.17, 15) is 9.50 Å². The fourth-order valence-corrected chi connectivity index (χ4v) is 3.47. The minimum Gasteiger partial charge on any atom is -0.388 e. The molecule has 18 heavy (non-hydrogen) atoms. The van der Waals surface area contributed by atoms with Crippen molar-refractivity contribution in [2.24, 2.45) is 0 Å². The third kappa shape index (κ3) is 2.31. The zero-order valence-electron chi connectivity index (χ0n) is 9.90. The highest BCUT2D eigenvalue weighted by atomic mass is 32.1. The lowest BCUT2D eigenvalue weighted by Crippen LogP contribution is -2.06. The monoisotopic (exact) mass is 263 g/mol. The predicted molar refractivity (Wildman–Crippen MR) is 69.2 cm³/mol. The molecule has 1 aliphatic carbocycles. The van der Waals surface area contributed by atoms with E-state index in [1.165, 1.54) is 12.1 Å². The zero-order chi connectivity index (χ0) is 12.5. The topological polar surface area (TPSA) is 33.1 Å². The van der Waals surface area contributed by atoms with Crippen LogP contribution in [0.1, 0.15) is 40.1 Å². The van der Waals surface area contributed by atoms with E-state index in [1.54, 1.807) is 23.5 Å². The Kier molecular flexibility index (Phi) is 3.14. The van der Waals surface area contributed by atoms with Crippen molar-refractivity contribution in [1.82, 2.24) is 4.98 Å². The van der Waals surface area contributed by atoms with Crippen LogP contribution in [0.25, 0.3) is 0 Å². The van der Waals surface area contributed by atoms with Gasteiger partial charge in [0.2, 0.25) is 0 Å². The molecule has 0 saturated heterocycles. The molecule has 0 aliphatic heterocycles. The number of rotatable bonds is 2. The van der Waals surface area contributed by atoms with Crippen LogP contribution in [0.5, 0.6) is 0 Å². The number of aromatic nitrogens is 1. The maximum atomic E-state index is 12.8. The molecule has 0 bridgehead atoms. The molecular weight excluding hydrogens is 249 g/mol. The summed E-state index contributed by atoms with van der Waals surface area (Å²) < 4.78 is 12.8. The SMILES string of the molecule is OC1CCCc2nc(Cc3ccc(F)cc3)sc21. The van der Waals surface area contributed by atoms with Gasteiger partial charge in [0.1, 0.15) is 5.82 Å². The molecule has 0 saturated carbocycles. The van der Waals surface area contributed by atoms with Crippen LogP contribution in [0.2, 0.25) is 0 Å². The first-order valence-corrected chi connectivity index (χ1v) is 6.95. The molecule has 94 valence electrons. The molecule has 2 nitrogen and oxygen atoms in total. The van der Waals surface area contributed by atoms with E-state index in [0.717, 1.165) is 40.4 Å². The number of benzene rings is 1. The third-order valence-corrected chi connectivity index (χ3v) is 4.43. The molecular formula is C14H14FNOS. The smallest absolute Gasteiger partial charge is 0.123 e. The van der Waals surface area contributed by atoms with Gasteiger partial charge in [-0.15, -0.1) is 11.3 Å². The molecule has 1 atom stereocenters. The molecule has 1 unspecified atom stereocenters. The third-order valence-electron chi connectivity index (χ3n) is 3.23. The van der Waals surface area contributed by atoms with Crippen LogP contribution < -0.4 is 0 Å². The Morgan fingerprint density at radius 1 is 1.33 bits per heavy atom. The van der Waals surface area contributed by atoms with Gasteiger partial charge in [-0.25, -0.2) is 9.37 Å². The van der Waals surface area contributed by atoms with Gasteiger partial charge in [-0.1, -0.05) is 12.1 Å². The normalized spacial score (nSPS) is 18.7. The molecule has 2 aromatic rings. The molecule has 1 aliphatic rings. The Hall–Kier alpha value is -1.26. The van der Waals surface area contributed by atoms with Gasteiger partial charge in [0.05, 0.1) is 21.7 Å². The number of halogens is 1. The van der Waals surface area contributed by atoms with Crippen molar-refractivity contribution in [3.63, 3.8) is 0 Å². The lowest BCUT2D eigenvalue weighted by atomic mass is 10.0. The number of aryl methyl sites for hydroxylation is 1. The van der Waals surface area contributed by atoms with Crippen molar-refractivity contribution in [2.45, 2.75) is 31.8 Å². The van der Waals surface area contributed by atoms with E-state index in [0.29, 0.717) is 6.42 Å². The number of thiazole rings is 1. The number of nitrogens with zero attached hydrogens (tertiary/aromatic N) is 1. The van der Waals surface area contributed by atoms with Crippen LogP contribution in [0.3, 0.4) is 0 Å². The second-order valence-corrected chi connectivity index (χ2v) is 5.75. The predicted octanol–water partition coefficient (Wildman–Crippen LogP) is 3.24. The van der Waals surface area contributed by atoms with Gasteiger partial charge in [0.15, 0.2) is 0 Å². The number of hydrogen-bond donors (Lipinski definition) is 1. The molecule has 3 rings (SSSR count).